The number of carbonyl (C=O) groups excluding carboxylic acids is 1. The van der Waals surface area contributed by atoms with Gasteiger partial charge in [-0.3, -0.25) is 4.98 Å². The number of pyridine rings is 1. The molecule has 0 bridgehead atoms. The molecule has 0 saturated heterocycles. The van der Waals surface area contributed by atoms with Crippen molar-refractivity contribution in [3.05, 3.63) is 30.1 Å². The van der Waals surface area contributed by atoms with Gasteiger partial charge in [-0.05, 0) is 24.1 Å². The molecular formula is C14H21N3O3. The lowest BCUT2D eigenvalue weighted by Gasteiger charge is -2.21. The van der Waals surface area contributed by atoms with Gasteiger partial charge in [0.15, 0.2) is 0 Å². The molecule has 1 aromatic rings. The third-order valence-corrected chi connectivity index (χ3v) is 2.96. The zero-order valence-electron chi connectivity index (χ0n) is 11.9. The predicted molar refractivity (Wildman–Crippen MR) is 75.2 cm³/mol. The summed E-state index contributed by atoms with van der Waals surface area (Å²) >= 11 is 0. The predicted octanol–water partition coefficient (Wildman–Crippen LogP) is 1.87. The summed E-state index contributed by atoms with van der Waals surface area (Å²) in [5.41, 5.74) is 0.943. The number of carboxylic acid groups (broad SMARTS) is 1. The molecule has 0 spiro atoms. The number of urea groups is 1. The Bertz CT molecular complexity index is 437. The Morgan fingerprint density at radius 3 is 2.60 bits per heavy atom. The molecule has 1 aromatic heterocycles. The van der Waals surface area contributed by atoms with Crippen molar-refractivity contribution in [2.24, 2.45) is 0 Å². The second-order valence-corrected chi connectivity index (χ2v) is 4.69. The summed E-state index contributed by atoms with van der Waals surface area (Å²) in [6.07, 6.45) is 5.42. The van der Waals surface area contributed by atoms with Crippen molar-refractivity contribution in [1.29, 1.82) is 0 Å². The third kappa shape index (κ3) is 5.26. The van der Waals surface area contributed by atoms with Crippen LogP contribution in [0.2, 0.25) is 0 Å². The summed E-state index contributed by atoms with van der Waals surface area (Å²) in [7, 11) is 1.63. The molecule has 20 heavy (non-hydrogen) atoms. The van der Waals surface area contributed by atoms with E-state index in [1.165, 1.54) is 4.90 Å². The van der Waals surface area contributed by atoms with Crippen molar-refractivity contribution >= 4 is 12.0 Å². The first-order valence-corrected chi connectivity index (χ1v) is 6.68. The van der Waals surface area contributed by atoms with Crippen LogP contribution in [0.3, 0.4) is 0 Å². The number of carbonyl (C=O) groups is 2. The molecule has 0 radical (unpaired) electrons. The second kappa shape index (κ2) is 8.14. The highest BCUT2D eigenvalue weighted by molar-refractivity contribution is 5.82. The summed E-state index contributed by atoms with van der Waals surface area (Å²) in [6.45, 7) is 2.39. The summed E-state index contributed by atoms with van der Waals surface area (Å²) in [6, 6.07) is 2.41. The Labute approximate surface area is 118 Å². The summed E-state index contributed by atoms with van der Waals surface area (Å²) in [4.78, 5) is 28.4. The van der Waals surface area contributed by atoms with Gasteiger partial charge in [0.25, 0.3) is 0 Å². The van der Waals surface area contributed by atoms with Crippen LogP contribution >= 0.6 is 0 Å². The number of hydrogen-bond donors (Lipinski definition) is 2. The minimum atomic E-state index is -0.996. The first kappa shape index (κ1) is 15.9. The molecule has 110 valence electrons. The topological polar surface area (TPSA) is 82.5 Å². The minimum absolute atomic E-state index is 0.384. The maximum atomic E-state index is 12.0. The summed E-state index contributed by atoms with van der Waals surface area (Å²) in [5.74, 6) is -0.996. The van der Waals surface area contributed by atoms with Crippen molar-refractivity contribution in [3.8, 4) is 0 Å². The Morgan fingerprint density at radius 1 is 1.40 bits per heavy atom. The van der Waals surface area contributed by atoms with Gasteiger partial charge < -0.3 is 15.3 Å². The highest BCUT2D eigenvalue weighted by Crippen LogP contribution is 2.04. The molecule has 1 heterocycles. The molecule has 0 saturated carbocycles. The quantitative estimate of drug-likeness (QED) is 0.798. The number of hydrogen-bond acceptors (Lipinski definition) is 3. The Balaban J connectivity index is 2.53. The number of aliphatic carboxylic acids is 1. The van der Waals surface area contributed by atoms with Gasteiger partial charge in [0.2, 0.25) is 0 Å². The number of carboxylic acids is 1. The first-order chi connectivity index (χ1) is 9.54. The third-order valence-electron chi connectivity index (χ3n) is 2.96. The minimum Gasteiger partial charge on any atom is -0.480 e. The van der Waals surface area contributed by atoms with E-state index in [1.807, 2.05) is 19.1 Å². The van der Waals surface area contributed by atoms with Crippen molar-refractivity contribution in [3.63, 3.8) is 0 Å². The molecule has 1 rings (SSSR count). The molecule has 6 nitrogen and oxygen atoms in total. The van der Waals surface area contributed by atoms with E-state index in [-0.39, 0.29) is 6.03 Å². The lowest BCUT2D eigenvalue weighted by atomic mass is 10.1. The molecule has 2 amide bonds. The number of amides is 2. The second-order valence-electron chi connectivity index (χ2n) is 4.69. The van der Waals surface area contributed by atoms with Crippen LogP contribution in [0.1, 0.15) is 31.7 Å². The SMILES string of the molecule is CCCC[C@H](NC(=O)N(C)Cc1ccncc1)C(=O)O. The van der Waals surface area contributed by atoms with E-state index in [0.29, 0.717) is 13.0 Å². The molecule has 1 atom stereocenters. The van der Waals surface area contributed by atoms with Gasteiger partial charge in [0.1, 0.15) is 6.04 Å². The fourth-order valence-electron chi connectivity index (χ4n) is 1.76. The highest BCUT2D eigenvalue weighted by atomic mass is 16.4. The molecule has 0 unspecified atom stereocenters. The van der Waals surface area contributed by atoms with E-state index in [2.05, 4.69) is 10.3 Å². The largest absolute Gasteiger partial charge is 0.480 e. The molecule has 0 fully saturated rings. The monoisotopic (exact) mass is 279 g/mol. The summed E-state index contributed by atoms with van der Waals surface area (Å²) in [5, 5.41) is 11.6. The van der Waals surface area contributed by atoms with Crippen LogP contribution in [0.4, 0.5) is 4.79 Å². The first-order valence-electron chi connectivity index (χ1n) is 6.68. The van der Waals surface area contributed by atoms with Crippen LogP contribution in [0, 0.1) is 0 Å². The van der Waals surface area contributed by atoms with Crippen LogP contribution in [0.15, 0.2) is 24.5 Å². The van der Waals surface area contributed by atoms with Gasteiger partial charge in [-0.1, -0.05) is 19.8 Å². The lowest BCUT2D eigenvalue weighted by Crippen LogP contribution is -2.46. The number of nitrogens with zero attached hydrogens (tertiary/aromatic N) is 2. The van der Waals surface area contributed by atoms with Crippen LogP contribution in [-0.4, -0.2) is 40.1 Å². The number of nitrogens with one attached hydrogen (secondary N) is 1. The highest BCUT2D eigenvalue weighted by Gasteiger charge is 2.21. The van der Waals surface area contributed by atoms with Gasteiger partial charge in [-0.2, -0.15) is 0 Å². The van der Waals surface area contributed by atoms with Crippen molar-refractivity contribution in [2.45, 2.75) is 38.8 Å². The van der Waals surface area contributed by atoms with Gasteiger partial charge in [-0.15, -0.1) is 0 Å². The van der Waals surface area contributed by atoms with Crippen LogP contribution in [0.5, 0.6) is 0 Å². The molecule has 0 aromatic carbocycles. The smallest absolute Gasteiger partial charge is 0.326 e. The zero-order valence-corrected chi connectivity index (χ0v) is 11.9. The molecule has 6 heteroatoms. The van der Waals surface area contributed by atoms with E-state index >= 15 is 0 Å². The van der Waals surface area contributed by atoms with E-state index in [9.17, 15) is 9.59 Å². The Kier molecular flexibility index (Phi) is 6.49. The number of rotatable bonds is 7. The average molecular weight is 279 g/mol. The Morgan fingerprint density at radius 2 is 2.05 bits per heavy atom. The maximum Gasteiger partial charge on any atom is 0.326 e. The van der Waals surface area contributed by atoms with E-state index < -0.39 is 12.0 Å². The Hall–Kier alpha value is -2.11. The van der Waals surface area contributed by atoms with Crippen LogP contribution in [-0.2, 0) is 11.3 Å². The van der Waals surface area contributed by atoms with Gasteiger partial charge in [-0.25, -0.2) is 9.59 Å². The molecule has 0 aliphatic heterocycles. The van der Waals surface area contributed by atoms with Gasteiger partial charge in [0, 0.05) is 26.0 Å². The average Bonchev–Trinajstić information content (AvgIpc) is 2.43. The van der Waals surface area contributed by atoms with Crippen LogP contribution in [0.25, 0.3) is 0 Å². The van der Waals surface area contributed by atoms with E-state index in [0.717, 1.165) is 18.4 Å². The van der Waals surface area contributed by atoms with Crippen molar-refractivity contribution < 1.29 is 14.7 Å². The van der Waals surface area contributed by atoms with Crippen molar-refractivity contribution in [2.75, 3.05) is 7.05 Å². The zero-order chi connectivity index (χ0) is 15.0. The molecular weight excluding hydrogens is 258 g/mol. The maximum absolute atomic E-state index is 12.0. The fraction of sp³-hybridized carbons (Fsp3) is 0.500. The van der Waals surface area contributed by atoms with Gasteiger partial charge >= 0.3 is 12.0 Å². The summed E-state index contributed by atoms with van der Waals surface area (Å²) < 4.78 is 0. The van der Waals surface area contributed by atoms with Crippen molar-refractivity contribution in [1.82, 2.24) is 15.2 Å². The standard InChI is InChI=1S/C14H21N3O3/c1-3-4-5-12(13(18)19)16-14(20)17(2)10-11-6-8-15-9-7-11/h6-9,12H,3-5,10H2,1-2H3,(H,16,20)(H,18,19)/t12-/m0/s1. The fourth-order valence-corrected chi connectivity index (χ4v) is 1.76. The number of unbranched alkanes of at least 4 members (excludes halogenated alkanes) is 1. The van der Waals surface area contributed by atoms with Crippen LogP contribution < -0.4 is 5.32 Å². The van der Waals surface area contributed by atoms with Gasteiger partial charge in [0.05, 0.1) is 0 Å². The normalized spacial score (nSPS) is 11.7. The lowest BCUT2D eigenvalue weighted by molar-refractivity contribution is -0.139. The number of aromatic nitrogens is 1. The molecule has 0 aliphatic rings. The molecule has 2 N–H and O–H groups in total. The van der Waals surface area contributed by atoms with E-state index in [1.54, 1.807) is 19.4 Å². The van der Waals surface area contributed by atoms with E-state index in [4.69, 9.17) is 5.11 Å². The molecule has 0 aliphatic carbocycles.